The van der Waals surface area contributed by atoms with E-state index in [1.54, 1.807) is 0 Å². The number of halogens is 1. The highest BCUT2D eigenvalue weighted by atomic mass is 35.5. The van der Waals surface area contributed by atoms with Gasteiger partial charge in [0.15, 0.2) is 0 Å². The normalized spacial score (nSPS) is 25.2. The maximum atomic E-state index is 13.3. The van der Waals surface area contributed by atoms with Crippen LogP contribution in [0.4, 0.5) is 0 Å². The van der Waals surface area contributed by atoms with E-state index in [0.29, 0.717) is 17.7 Å². The third kappa shape index (κ3) is 4.26. The lowest BCUT2D eigenvalue weighted by molar-refractivity contribution is 0.0506. The molecule has 0 aliphatic carbocycles. The van der Waals surface area contributed by atoms with E-state index in [9.17, 15) is 4.79 Å². The maximum absolute atomic E-state index is 13.3. The number of piperidine rings is 2. The van der Waals surface area contributed by atoms with Gasteiger partial charge < -0.3 is 10.2 Å². The summed E-state index contributed by atoms with van der Waals surface area (Å²) in [5.74, 6) is 0.518. The summed E-state index contributed by atoms with van der Waals surface area (Å²) < 4.78 is 1.98. The summed E-state index contributed by atoms with van der Waals surface area (Å²) >= 11 is 0. The molecule has 4 rings (SSSR count). The smallest absolute Gasteiger partial charge is 0.274 e. The van der Waals surface area contributed by atoms with Crippen LogP contribution < -0.4 is 5.32 Å². The van der Waals surface area contributed by atoms with Gasteiger partial charge in [0.05, 0.1) is 12.1 Å². The summed E-state index contributed by atoms with van der Waals surface area (Å²) in [4.78, 5) is 15.4. The van der Waals surface area contributed by atoms with Crippen LogP contribution in [0.3, 0.4) is 0 Å². The van der Waals surface area contributed by atoms with E-state index in [1.165, 1.54) is 11.1 Å². The Morgan fingerprint density at radius 1 is 1.14 bits per heavy atom. The first kappa shape index (κ1) is 20.9. The Kier molecular flexibility index (Phi) is 6.78. The number of aryl methyl sites for hydroxylation is 1. The second-order valence-electron chi connectivity index (χ2n) is 8.15. The van der Waals surface area contributed by atoms with Crippen molar-refractivity contribution in [2.45, 2.75) is 51.6 Å². The molecule has 0 radical (unpaired) electrons. The number of carbonyl (C=O) groups is 1. The van der Waals surface area contributed by atoms with E-state index < -0.39 is 0 Å². The van der Waals surface area contributed by atoms with Crippen LogP contribution in [0, 0.1) is 12.8 Å². The molecule has 5 nitrogen and oxygen atoms in total. The van der Waals surface area contributed by atoms with E-state index >= 15 is 0 Å². The molecule has 1 amide bonds. The summed E-state index contributed by atoms with van der Waals surface area (Å²) in [7, 11) is 0. The number of hydrogen-bond donors (Lipinski definition) is 1. The lowest BCUT2D eigenvalue weighted by atomic mass is 9.85. The van der Waals surface area contributed by atoms with Crippen LogP contribution in [0.1, 0.15) is 66.3 Å². The summed E-state index contributed by atoms with van der Waals surface area (Å²) in [5.41, 5.74) is 3.06. The molecule has 3 unspecified atom stereocenters. The first-order valence-corrected chi connectivity index (χ1v) is 10.3. The number of benzene rings is 1. The van der Waals surface area contributed by atoms with Crippen molar-refractivity contribution in [1.29, 1.82) is 0 Å². The Balaban J connectivity index is 0.00000225. The van der Waals surface area contributed by atoms with Crippen LogP contribution in [0.2, 0.25) is 0 Å². The minimum Gasteiger partial charge on any atom is -0.330 e. The topological polar surface area (TPSA) is 50.2 Å². The van der Waals surface area contributed by atoms with Gasteiger partial charge in [-0.05, 0) is 56.7 Å². The number of aromatic nitrogens is 2. The monoisotopic (exact) mass is 402 g/mol. The van der Waals surface area contributed by atoms with Crippen molar-refractivity contribution >= 4 is 18.3 Å². The van der Waals surface area contributed by atoms with Crippen molar-refractivity contribution in [1.82, 2.24) is 20.0 Å². The molecule has 0 saturated carbocycles. The fourth-order valence-corrected chi connectivity index (χ4v) is 4.55. The molecule has 1 N–H and O–H groups in total. The van der Waals surface area contributed by atoms with Crippen molar-refractivity contribution in [2.75, 3.05) is 19.6 Å². The fraction of sp³-hybridized carbons (Fsp3) is 0.545. The van der Waals surface area contributed by atoms with Gasteiger partial charge in [-0.1, -0.05) is 36.8 Å². The largest absolute Gasteiger partial charge is 0.330 e. The molecule has 0 bridgehead atoms. The maximum Gasteiger partial charge on any atom is 0.274 e. The number of hydrogen-bond acceptors (Lipinski definition) is 3. The van der Waals surface area contributed by atoms with Gasteiger partial charge in [-0.25, -0.2) is 0 Å². The quantitative estimate of drug-likeness (QED) is 0.838. The Labute approximate surface area is 173 Å². The second-order valence-corrected chi connectivity index (χ2v) is 8.15. The predicted octanol–water partition coefficient (Wildman–Crippen LogP) is 4.15. The SMILES string of the molecule is Cc1ccc(C2C(C)CCCN2C(=O)c2ccn(C3CCCNC3)n2)cc1.Cl. The number of rotatable bonds is 3. The van der Waals surface area contributed by atoms with Gasteiger partial charge in [-0.3, -0.25) is 9.48 Å². The zero-order valence-electron chi connectivity index (χ0n) is 16.8. The van der Waals surface area contributed by atoms with Crippen LogP contribution in [0.25, 0.3) is 0 Å². The number of nitrogens with one attached hydrogen (secondary N) is 1. The molecule has 152 valence electrons. The van der Waals surface area contributed by atoms with Crippen molar-refractivity contribution in [3.05, 3.63) is 53.3 Å². The highest BCUT2D eigenvalue weighted by Gasteiger charge is 2.34. The molecular formula is C22H31ClN4O. The molecule has 1 aromatic heterocycles. The third-order valence-electron chi connectivity index (χ3n) is 6.09. The molecule has 3 heterocycles. The van der Waals surface area contributed by atoms with Crippen LogP contribution >= 0.6 is 12.4 Å². The average molecular weight is 403 g/mol. The van der Waals surface area contributed by atoms with E-state index in [4.69, 9.17) is 0 Å². The molecular weight excluding hydrogens is 372 g/mol. The standard InChI is InChI=1S/C22H30N4O.ClH/c1-16-7-9-18(10-8-16)21-17(2)5-4-13-25(21)22(27)20-11-14-26(24-20)19-6-3-12-23-15-19;/h7-11,14,17,19,21,23H,3-6,12-13,15H2,1-2H3;1H. The van der Waals surface area contributed by atoms with E-state index in [-0.39, 0.29) is 24.4 Å². The minimum absolute atomic E-state index is 0. The fourth-order valence-electron chi connectivity index (χ4n) is 4.55. The Bertz CT molecular complexity index is 782. The summed E-state index contributed by atoms with van der Waals surface area (Å²) in [6.45, 7) is 7.18. The van der Waals surface area contributed by atoms with Crippen molar-refractivity contribution in [2.24, 2.45) is 5.92 Å². The van der Waals surface area contributed by atoms with Crippen molar-refractivity contribution in [3.63, 3.8) is 0 Å². The lowest BCUT2D eigenvalue weighted by Gasteiger charge is -2.40. The van der Waals surface area contributed by atoms with E-state index in [0.717, 1.165) is 45.3 Å². The molecule has 3 atom stereocenters. The number of carbonyl (C=O) groups excluding carboxylic acids is 1. The average Bonchev–Trinajstić information content (AvgIpc) is 3.19. The molecule has 2 aliphatic heterocycles. The molecule has 2 fully saturated rings. The molecule has 1 aromatic carbocycles. The zero-order chi connectivity index (χ0) is 18.8. The van der Waals surface area contributed by atoms with Gasteiger partial charge in [0.1, 0.15) is 5.69 Å². The Morgan fingerprint density at radius 2 is 1.93 bits per heavy atom. The van der Waals surface area contributed by atoms with E-state index in [2.05, 4.69) is 48.5 Å². The van der Waals surface area contributed by atoms with Crippen molar-refractivity contribution in [3.8, 4) is 0 Å². The highest BCUT2D eigenvalue weighted by Crippen LogP contribution is 2.36. The van der Waals surface area contributed by atoms with Gasteiger partial charge in [-0.15, -0.1) is 12.4 Å². The van der Waals surface area contributed by atoms with Gasteiger partial charge >= 0.3 is 0 Å². The van der Waals surface area contributed by atoms with Gasteiger partial charge in [0.2, 0.25) is 0 Å². The first-order valence-electron chi connectivity index (χ1n) is 10.3. The Morgan fingerprint density at radius 3 is 2.64 bits per heavy atom. The van der Waals surface area contributed by atoms with Crippen LogP contribution in [0.5, 0.6) is 0 Å². The molecule has 2 aliphatic rings. The molecule has 6 heteroatoms. The number of nitrogens with zero attached hydrogens (tertiary/aromatic N) is 3. The zero-order valence-corrected chi connectivity index (χ0v) is 17.6. The first-order chi connectivity index (χ1) is 13.1. The van der Waals surface area contributed by atoms with Crippen LogP contribution in [-0.2, 0) is 0 Å². The van der Waals surface area contributed by atoms with Crippen molar-refractivity contribution < 1.29 is 4.79 Å². The Hall–Kier alpha value is -1.85. The molecule has 2 aromatic rings. The second kappa shape index (κ2) is 9.10. The third-order valence-corrected chi connectivity index (χ3v) is 6.09. The van der Waals surface area contributed by atoms with Gasteiger partial charge in [0.25, 0.3) is 5.91 Å². The summed E-state index contributed by atoms with van der Waals surface area (Å²) in [5, 5.41) is 8.08. The molecule has 0 spiro atoms. The lowest BCUT2D eigenvalue weighted by Crippen LogP contribution is -2.42. The van der Waals surface area contributed by atoms with Crippen LogP contribution in [-0.4, -0.2) is 40.2 Å². The summed E-state index contributed by atoms with van der Waals surface area (Å²) in [6, 6.07) is 11.0. The molecule has 28 heavy (non-hydrogen) atoms. The number of amides is 1. The molecule has 2 saturated heterocycles. The summed E-state index contributed by atoms with van der Waals surface area (Å²) in [6.07, 6.45) is 6.47. The number of likely N-dealkylation sites (tertiary alicyclic amines) is 1. The van der Waals surface area contributed by atoms with E-state index in [1.807, 2.05) is 21.8 Å². The predicted molar refractivity (Wildman–Crippen MR) is 114 cm³/mol. The minimum atomic E-state index is 0. The van der Waals surface area contributed by atoms with Gasteiger partial charge in [0, 0.05) is 19.3 Å². The highest BCUT2D eigenvalue weighted by molar-refractivity contribution is 5.92. The van der Waals surface area contributed by atoms with Gasteiger partial charge in [-0.2, -0.15) is 5.10 Å². The van der Waals surface area contributed by atoms with Crippen LogP contribution in [0.15, 0.2) is 36.5 Å².